The summed E-state index contributed by atoms with van der Waals surface area (Å²) >= 11 is 0. The summed E-state index contributed by atoms with van der Waals surface area (Å²) in [6.45, 7) is 9.62. The van der Waals surface area contributed by atoms with E-state index in [9.17, 15) is 13.9 Å². The van der Waals surface area contributed by atoms with Crippen LogP contribution >= 0.6 is 0 Å². The second-order valence-corrected chi connectivity index (χ2v) is 26.2. The van der Waals surface area contributed by atoms with Crippen molar-refractivity contribution in [2.45, 2.75) is 99.5 Å². The number of phenolic OH excluding ortho intramolecular Hbond substituents is 1. The van der Waals surface area contributed by atoms with Gasteiger partial charge in [-0.15, -0.1) is 0 Å². The van der Waals surface area contributed by atoms with Crippen molar-refractivity contribution < 1.29 is 37.3 Å². The van der Waals surface area contributed by atoms with Crippen LogP contribution in [0.15, 0.2) is 219 Å². The first kappa shape index (κ1) is 68.9. The molecular formula is C78H90F2N12O6. The maximum absolute atomic E-state index is 13.8. The molecule has 0 amide bonds. The number of hydrogen-bond donors (Lipinski definition) is 7. The molecule has 4 saturated heterocycles. The molecule has 1 saturated carbocycles. The number of phenols is 1. The fraction of sp³-hybridized carbons (Fsp3) is 0.385. The van der Waals surface area contributed by atoms with E-state index in [1.54, 1.807) is 49.6 Å². The predicted molar refractivity (Wildman–Crippen MR) is 371 cm³/mol. The van der Waals surface area contributed by atoms with E-state index < -0.39 is 11.6 Å². The van der Waals surface area contributed by atoms with Gasteiger partial charge in [0, 0.05) is 143 Å². The third kappa shape index (κ3) is 19.4. The summed E-state index contributed by atoms with van der Waals surface area (Å²) in [5.74, 6) is 5.30. The number of nitrogens with zero attached hydrogens (tertiary/aromatic N) is 6. The normalized spacial score (nSPS) is 24.0. The summed E-state index contributed by atoms with van der Waals surface area (Å²) < 4.78 is 57.4. The molecule has 1 aliphatic carbocycles. The number of aromatic hydroxyl groups is 1. The van der Waals surface area contributed by atoms with E-state index in [0.717, 1.165) is 111 Å². The number of H-pyrrole nitrogens is 2. The van der Waals surface area contributed by atoms with Crippen molar-refractivity contribution in [2.24, 2.45) is 23.7 Å². The number of hydrogen-bond acceptors (Lipinski definition) is 16. The molecule has 512 valence electrons. The molecule has 0 bridgehead atoms. The van der Waals surface area contributed by atoms with Gasteiger partial charge in [-0.1, -0.05) is 92.8 Å². The van der Waals surface area contributed by atoms with Gasteiger partial charge in [-0.3, -0.25) is 15.0 Å². The lowest BCUT2D eigenvalue weighted by Gasteiger charge is -2.42. The van der Waals surface area contributed by atoms with E-state index in [2.05, 4.69) is 73.3 Å². The first-order valence-corrected chi connectivity index (χ1v) is 34.5. The Balaban J connectivity index is 0.000000125. The number of benzene rings is 4. The predicted octanol–water partition coefficient (Wildman–Crippen LogP) is 12.8. The average Bonchev–Trinajstić information content (AvgIpc) is 1.26. The van der Waals surface area contributed by atoms with E-state index in [0.29, 0.717) is 67.2 Å². The largest absolute Gasteiger partial charge is 0.508 e. The molecule has 10 aromatic rings. The number of para-hydroxylation sites is 2. The van der Waals surface area contributed by atoms with Crippen LogP contribution in [0.5, 0.6) is 17.2 Å². The van der Waals surface area contributed by atoms with Gasteiger partial charge in [0.1, 0.15) is 47.1 Å². The van der Waals surface area contributed by atoms with Gasteiger partial charge in [-0.05, 0) is 137 Å². The molecule has 0 radical (unpaired) electrons. The molecule has 5 aliphatic rings. The molecule has 4 aliphatic heterocycles. The number of aromatic nitrogens is 8. The van der Waals surface area contributed by atoms with E-state index in [-0.39, 0.29) is 35.9 Å². The van der Waals surface area contributed by atoms with Crippen LogP contribution in [0.1, 0.15) is 119 Å². The fourth-order valence-electron chi connectivity index (χ4n) is 14.9. The highest BCUT2D eigenvalue weighted by Crippen LogP contribution is 2.44. The molecule has 98 heavy (non-hydrogen) atoms. The third-order valence-electron chi connectivity index (χ3n) is 19.6. The van der Waals surface area contributed by atoms with Gasteiger partial charge in [0.15, 0.2) is 6.39 Å². The molecule has 11 atom stereocenters. The zero-order valence-electron chi connectivity index (χ0n) is 55.3. The van der Waals surface area contributed by atoms with Crippen LogP contribution in [-0.4, -0.2) is 123 Å². The second kappa shape index (κ2) is 36.0. The number of rotatable bonds is 19. The molecule has 5 fully saturated rings. The van der Waals surface area contributed by atoms with Crippen molar-refractivity contribution in [3.8, 4) is 17.2 Å². The zero-order valence-corrected chi connectivity index (χ0v) is 55.3. The molecule has 11 unspecified atom stereocenters. The number of piperidine rings is 4. The molecule has 6 aromatic heterocycles. The topological polar surface area (TPSA) is 227 Å². The van der Waals surface area contributed by atoms with Crippen molar-refractivity contribution in [1.29, 1.82) is 0 Å². The van der Waals surface area contributed by atoms with Crippen molar-refractivity contribution in [3.63, 3.8) is 0 Å². The maximum atomic E-state index is 13.8. The van der Waals surface area contributed by atoms with Gasteiger partial charge >= 0.3 is 0 Å². The fourth-order valence-corrected chi connectivity index (χ4v) is 14.9. The van der Waals surface area contributed by atoms with Crippen molar-refractivity contribution in [2.75, 3.05) is 65.6 Å². The number of oxazole rings is 1. The number of ether oxygens (including phenoxy) is 4. The standard InChI is InChI=1S/C21H28N2O2.C20H19F2N3O.C19H21N5O.C18H22N2O2/c1-3-7-16(8-4-1)19-12-22-11-17(21(19)20-14-24-15-23-20)13-25-18-9-5-2-6-10-18;21-14-6-13(7-15(22)8-14)17-9-23-11-19(20(17)18-10-24-12-25-18)26-16-4-2-1-3-5-16;1-2-14(10-21-5-1)13-25-17-12-22-11-16(15-3-6-20-7-4-15)18(17)19-23-8-9-24-19;21-18-5-3-16(4-6-18)17-8-15(10-20-11-17)13-22-12-14-2-1-7-19-9-14/h2,5-6,9-10,14-17,19,21-22H,1,3-4,7-8,11-13H2;1-8,10,12,17,19-20,23H,9,11H2,(H,24,25);1-10,16-18,22H,11-13H2,(H,23,24);1-7,9,15,17,20-21H,8,10-13H2. The molecule has 4 aromatic carbocycles. The minimum atomic E-state index is -0.575. The summed E-state index contributed by atoms with van der Waals surface area (Å²) in [6.07, 6.45) is 29.2. The Morgan fingerprint density at radius 1 is 0.541 bits per heavy atom. The average molecular weight is 1330 g/mol. The quantitative estimate of drug-likeness (QED) is 0.0399. The van der Waals surface area contributed by atoms with Crippen molar-refractivity contribution in [1.82, 2.24) is 61.1 Å². The Labute approximate surface area is 572 Å². The Bertz CT molecular complexity index is 3790. The zero-order chi connectivity index (χ0) is 66.9. The summed E-state index contributed by atoms with van der Waals surface area (Å²) in [6, 6.07) is 43.0. The lowest BCUT2D eigenvalue weighted by Crippen LogP contribution is -2.47. The highest BCUT2D eigenvalue weighted by Gasteiger charge is 2.42. The Morgan fingerprint density at radius 2 is 1.23 bits per heavy atom. The summed E-state index contributed by atoms with van der Waals surface area (Å²) in [5.41, 5.74) is 7.32. The molecule has 15 rings (SSSR count). The number of halogens is 2. The highest BCUT2D eigenvalue weighted by molar-refractivity contribution is 5.32. The first-order valence-electron chi connectivity index (χ1n) is 34.5. The summed E-state index contributed by atoms with van der Waals surface area (Å²) in [5, 5.41) is 23.4. The van der Waals surface area contributed by atoms with E-state index in [4.69, 9.17) is 23.4 Å². The van der Waals surface area contributed by atoms with Gasteiger partial charge in [-0.25, -0.2) is 23.7 Å². The van der Waals surface area contributed by atoms with E-state index >= 15 is 0 Å². The summed E-state index contributed by atoms with van der Waals surface area (Å²) in [4.78, 5) is 32.0. The van der Waals surface area contributed by atoms with Crippen molar-refractivity contribution >= 4 is 0 Å². The van der Waals surface area contributed by atoms with Crippen LogP contribution in [0.4, 0.5) is 8.78 Å². The number of pyridine rings is 3. The van der Waals surface area contributed by atoms with Crippen LogP contribution < -0.4 is 30.7 Å². The van der Waals surface area contributed by atoms with Gasteiger partial charge in [0.25, 0.3) is 0 Å². The lowest BCUT2D eigenvalue weighted by molar-refractivity contribution is 0.00241. The van der Waals surface area contributed by atoms with Gasteiger partial charge in [-0.2, -0.15) is 0 Å². The lowest BCUT2D eigenvalue weighted by atomic mass is 9.67. The third-order valence-corrected chi connectivity index (χ3v) is 19.6. The highest BCUT2D eigenvalue weighted by atomic mass is 19.1. The first-order chi connectivity index (χ1) is 48.3. The molecular weight excluding hydrogens is 1240 g/mol. The molecule has 10 heterocycles. The Kier molecular flexibility index (Phi) is 25.3. The van der Waals surface area contributed by atoms with Crippen LogP contribution in [0.3, 0.4) is 0 Å². The second-order valence-electron chi connectivity index (χ2n) is 26.2. The minimum Gasteiger partial charge on any atom is -0.508 e. The number of imidazole rings is 2. The van der Waals surface area contributed by atoms with Crippen LogP contribution in [0.2, 0.25) is 0 Å². The van der Waals surface area contributed by atoms with Gasteiger partial charge in [0.2, 0.25) is 0 Å². The Morgan fingerprint density at radius 3 is 1.91 bits per heavy atom. The smallest absolute Gasteiger partial charge is 0.180 e. The maximum Gasteiger partial charge on any atom is 0.180 e. The van der Waals surface area contributed by atoms with Gasteiger partial charge < -0.3 is 59.7 Å². The van der Waals surface area contributed by atoms with Crippen molar-refractivity contribution in [3.05, 3.63) is 271 Å². The van der Waals surface area contributed by atoms with Crippen LogP contribution in [0.25, 0.3) is 0 Å². The molecule has 20 heteroatoms. The SMILES string of the molecule is Fc1cc(F)cc(C2CNCC(Oc3ccccc3)C2c2cnc[nH]2)c1.Oc1ccc(C2CNCC(COCc3cccnc3)C2)cc1.c1ccc(OCC2CNCC(C3CCCCC3)C2c2cocn2)cc1.c1cncc(COC2CNCC(c3ccncc3)C2c2ncc[nH]2)c1. The number of nitrogens with one attached hydrogen (secondary N) is 6. The van der Waals surface area contributed by atoms with E-state index in [1.807, 2.05) is 134 Å². The summed E-state index contributed by atoms with van der Waals surface area (Å²) in [7, 11) is 0. The Hall–Kier alpha value is -9.02. The molecule has 18 nitrogen and oxygen atoms in total. The monoisotopic (exact) mass is 1330 g/mol. The van der Waals surface area contributed by atoms with E-state index in [1.165, 1.54) is 55.4 Å². The number of aromatic amines is 2. The minimum absolute atomic E-state index is 0.0262. The molecule has 0 spiro atoms. The van der Waals surface area contributed by atoms with Crippen LogP contribution in [0, 0.1) is 35.3 Å². The van der Waals surface area contributed by atoms with Crippen LogP contribution in [-0.2, 0) is 22.7 Å². The molecule has 7 N–H and O–H groups in total. The van der Waals surface area contributed by atoms with Gasteiger partial charge in [0.05, 0.1) is 50.5 Å².